The van der Waals surface area contributed by atoms with Crippen LogP contribution in [0.4, 0.5) is 4.79 Å². The molecule has 142 valence electrons. The number of carbonyl (C=O) groups excluding carboxylic acids is 3. The van der Waals surface area contributed by atoms with Gasteiger partial charge in [0.15, 0.2) is 0 Å². The number of nitrogens with zero attached hydrogens (tertiary/aromatic N) is 2. The Balaban J connectivity index is 1.49. The monoisotopic (exact) mass is 387 g/mol. The van der Waals surface area contributed by atoms with Crippen LogP contribution in [-0.4, -0.2) is 39.9 Å². The predicted molar refractivity (Wildman–Crippen MR) is 101 cm³/mol. The molecular formula is C19H21N3O4S. The van der Waals surface area contributed by atoms with Gasteiger partial charge >= 0.3 is 12.0 Å². The number of urea groups is 1. The number of thiazole rings is 1. The van der Waals surface area contributed by atoms with Crippen LogP contribution in [0.15, 0.2) is 29.6 Å². The van der Waals surface area contributed by atoms with Crippen LogP contribution in [-0.2, 0) is 20.9 Å². The van der Waals surface area contributed by atoms with Crippen molar-refractivity contribution >= 4 is 29.2 Å². The van der Waals surface area contributed by atoms with E-state index in [4.69, 9.17) is 4.74 Å². The number of amides is 3. The van der Waals surface area contributed by atoms with E-state index >= 15 is 0 Å². The van der Waals surface area contributed by atoms with Crippen LogP contribution < -0.4 is 5.32 Å². The van der Waals surface area contributed by atoms with E-state index in [1.54, 1.807) is 13.8 Å². The summed E-state index contributed by atoms with van der Waals surface area (Å²) in [6.07, 6.45) is -0.0514. The summed E-state index contributed by atoms with van der Waals surface area (Å²) in [6.45, 7) is 5.33. The summed E-state index contributed by atoms with van der Waals surface area (Å²) in [7, 11) is 0. The number of aromatic nitrogens is 1. The van der Waals surface area contributed by atoms with Gasteiger partial charge in [0, 0.05) is 17.5 Å². The third-order valence-corrected chi connectivity index (χ3v) is 5.16. The van der Waals surface area contributed by atoms with Gasteiger partial charge in [0.25, 0.3) is 5.91 Å². The zero-order valence-electron chi connectivity index (χ0n) is 15.4. The molecule has 1 aliphatic heterocycles. The molecule has 2 aromatic rings. The highest BCUT2D eigenvalue weighted by Gasteiger charge is 2.44. The summed E-state index contributed by atoms with van der Waals surface area (Å²) in [6, 6.07) is 7.56. The Kier molecular flexibility index (Phi) is 5.27. The average molecular weight is 387 g/mol. The molecule has 3 rings (SSSR count). The topological polar surface area (TPSA) is 88.6 Å². The summed E-state index contributed by atoms with van der Waals surface area (Å²) in [4.78, 5) is 41.3. The van der Waals surface area contributed by atoms with Crippen molar-refractivity contribution in [2.45, 2.75) is 39.3 Å². The fraction of sp³-hybridized carbons (Fsp3) is 0.368. The lowest BCUT2D eigenvalue weighted by Crippen LogP contribution is -2.40. The Hall–Kier alpha value is -2.74. The standard InChI is InChI=1S/C19H21N3O4S/c1-12-4-6-13(7-5-12)16-20-14(11-27-16)10-26-15(23)8-9-22-17(24)19(2,3)21-18(22)25/h4-7,11H,8-10H2,1-3H3,(H,21,25). The van der Waals surface area contributed by atoms with Gasteiger partial charge in [0.05, 0.1) is 12.1 Å². The predicted octanol–water partition coefficient (Wildman–Crippen LogP) is 2.88. The fourth-order valence-corrected chi connectivity index (χ4v) is 3.46. The van der Waals surface area contributed by atoms with Gasteiger partial charge in [-0.05, 0) is 20.8 Å². The van der Waals surface area contributed by atoms with Crippen LogP contribution in [0.25, 0.3) is 10.6 Å². The van der Waals surface area contributed by atoms with E-state index in [0.717, 1.165) is 15.5 Å². The quantitative estimate of drug-likeness (QED) is 0.608. The molecular weight excluding hydrogens is 366 g/mol. The second kappa shape index (κ2) is 7.48. The summed E-state index contributed by atoms with van der Waals surface area (Å²) >= 11 is 1.49. The molecule has 7 nitrogen and oxygen atoms in total. The number of ether oxygens (including phenoxy) is 1. The number of hydrogen-bond acceptors (Lipinski definition) is 6. The molecule has 0 spiro atoms. The number of hydrogen-bond donors (Lipinski definition) is 1. The molecule has 0 aliphatic carbocycles. The van der Waals surface area contributed by atoms with E-state index in [1.165, 1.54) is 16.9 Å². The maximum absolute atomic E-state index is 12.1. The van der Waals surface area contributed by atoms with Gasteiger partial charge in [-0.1, -0.05) is 29.8 Å². The Bertz CT molecular complexity index is 873. The van der Waals surface area contributed by atoms with Crippen LogP contribution in [0.2, 0.25) is 0 Å². The van der Waals surface area contributed by atoms with E-state index in [9.17, 15) is 14.4 Å². The maximum atomic E-state index is 12.1. The minimum absolute atomic E-state index is 0.00138. The molecule has 1 saturated heterocycles. The minimum Gasteiger partial charge on any atom is -0.459 e. The molecule has 1 N–H and O–H groups in total. The molecule has 0 bridgehead atoms. The van der Waals surface area contributed by atoms with Gasteiger partial charge in [-0.2, -0.15) is 0 Å². The van der Waals surface area contributed by atoms with Crippen molar-refractivity contribution in [3.8, 4) is 10.6 Å². The summed E-state index contributed by atoms with van der Waals surface area (Å²) in [5, 5.41) is 5.29. The molecule has 1 aromatic heterocycles. The molecule has 1 aliphatic rings. The summed E-state index contributed by atoms with van der Waals surface area (Å²) < 4.78 is 5.21. The number of nitrogens with one attached hydrogen (secondary N) is 1. The van der Waals surface area contributed by atoms with Crippen LogP contribution in [0.1, 0.15) is 31.5 Å². The number of rotatable bonds is 6. The normalized spacial score (nSPS) is 15.7. The first-order chi connectivity index (χ1) is 12.8. The van der Waals surface area contributed by atoms with Crippen molar-refractivity contribution in [3.05, 3.63) is 40.9 Å². The first kappa shape index (κ1) is 19.0. The zero-order valence-corrected chi connectivity index (χ0v) is 16.3. The number of aryl methyl sites for hydroxylation is 1. The van der Waals surface area contributed by atoms with E-state index < -0.39 is 17.5 Å². The molecule has 0 radical (unpaired) electrons. The Morgan fingerprint density at radius 1 is 1.26 bits per heavy atom. The van der Waals surface area contributed by atoms with Crippen LogP contribution in [0.5, 0.6) is 0 Å². The van der Waals surface area contributed by atoms with Gasteiger partial charge < -0.3 is 10.1 Å². The largest absolute Gasteiger partial charge is 0.459 e. The second-order valence-corrected chi connectivity index (χ2v) is 7.79. The first-order valence-corrected chi connectivity index (χ1v) is 9.45. The Morgan fingerprint density at radius 3 is 2.59 bits per heavy atom. The third-order valence-electron chi connectivity index (χ3n) is 4.22. The molecule has 0 unspecified atom stereocenters. The van der Waals surface area contributed by atoms with Crippen molar-refractivity contribution < 1.29 is 19.1 Å². The van der Waals surface area contributed by atoms with Crippen molar-refractivity contribution in [3.63, 3.8) is 0 Å². The zero-order chi connectivity index (χ0) is 19.6. The maximum Gasteiger partial charge on any atom is 0.325 e. The van der Waals surface area contributed by atoms with Crippen LogP contribution in [0, 0.1) is 6.92 Å². The van der Waals surface area contributed by atoms with E-state index in [2.05, 4.69) is 10.3 Å². The van der Waals surface area contributed by atoms with Crippen LogP contribution in [0.3, 0.4) is 0 Å². The van der Waals surface area contributed by atoms with Crippen LogP contribution >= 0.6 is 11.3 Å². The van der Waals surface area contributed by atoms with Crippen molar-refractivity contribution in [1.82, 2.24) is 15.2 Å². The molecule has 1 aromatic carbocycles. The number of imide groups is 1. The number of esters is 1. The molecule has 3 amide bonds. The molecule has 0 atom stereocenters. The lowest BCUT2D eigenvalue weighted by atomic mass is 10.1. The van der Waals surface area contributed by atoms with Gasteiger partial charge in [0.1, 0.15) is 17.2 Å². The lowest BCUT2D eigenvalue weighted by Gasteiger charge is -2.15. The van der Waals surface area contributed by atoms with Gasteiger partial charge in [0.2, 0.25) is 0 Å². The van der Waals surface area contributed by atoms with Crippen molar-refractivity contribution in [1.29, 1.82) is 0 Å². The fourth-order valence-electron chi connectivity index (χ4n) is 2.65. The molecule has 27 heavy (non-hydrogen) atoms. The molecule has 1 fully saturated rings. The number of carbonyl (C=O) groups is 3. The lowest BCUT2D eigenvalue weighted by molar-refractivity contribution is -0.145. The Labute approximate surface area is 161 Å². The molecule has 2 heterocycles. The SMILES string of the molecule is Cc1ccc(-c2nc(COC(=O)CCN3C(=O)NC(C)(C)C3=O)cs2)cc1. The highest BCUT2D eigenvalue weighted by atomic mass is 32.1. The minimum atomic E-state index is -0.937. The highest BCUT2D eigenvalue weighted by molar-refractivity contribution is 7.13. The average Bonchev–Trinajstić information content (AvgIpc) is 3.15. The smallest absolute Gasteiger partial charge is 0.325 e. The first-order valence-electron chi connectivity index (χ1n) is 8.57. The van der Waals surface area contributed by atoms with Crippen molar-refractivity contribution in [2.75, 3.05) is 6.54 Å². The van der Waals surface area contributed by atoms with Gasteiger partial charge in [-0.25, -0.2) is 9.78 Å². The third kappa shape index (κ3) is 4.33. The van der Waals surface area contributed by atoms with Gasteiger partial charge in [-0.15, -0.1) is 11.3 Å². The summed E-state index contributed by atoms with van der Waals surface area (Å²) in [5.41, 5.74) is 1.93. The van der Waals surface area contributed by atoms with E-state index in [-0.39, 0.29) is 25.5 Å². The summed E-state index contributed by atoms with van der Waals surface area (Å²) in [5.74, 6) is -0.826. The Morgan fingerprint density at radius 2 is 1.96 bits per heavy atom. The van der Waals surface area contributed by atoms with Gasteiger partial charge in [-0.3, -0.25) is 14.5 Å². The number of benzene rings is 1. The van der Waals surface area contributed by atoms with Crippen molar-refractivity contribution in [2.24, 2.45) is 0 Å². The second-order valence-electron chi connectivity index (χ2n) is 6.93. The highest BCUT2D eigenvalue weighted by Crippen LogP contribution is 2.24. The molecule has 8 heteroatoms. The van der Waals surface area contributed by atoms with E-state index in [0.29, 0.717) is 5.69 Å². The van der Waals surface area contributed by atoms with E-state index in [1.807, 2.05) is 36.6 Å². The molecule has 0 saturated carbocycles.